The van der Waals surface area contributed by atoms with Crippen molar-refractivity contribution in [2.75, 3.05) is 48.7 Å². The summed E-state index contributed by atoms with van der Waals surface area (Å²) in [7, 11) is 0. The average molecular weight is 264 g/mol. The summed E-state index contributed by atoms with van der Waals surface area (Å²) in [4.78, 5) is 23.6. The van der Waals surface area contributed by atoms with Crippen LogP contribution in [-0.2, 0) is 4.79 Å². The summed E-state index contributed by atoms with van der Waals surface area (Å²) in [6.07, 6.45) is 0. The number of anilines is 3. The number of nitrogens with two attached hydrogens (primary N) is 1. The van der Waals surface area contributed by atoms with Gasteiger partial charge in [-0.3, -0.25) is 4.79 Å². The predicted molar refractivity (Wildman–Crippen MR) is 75.1 cm³/mol. The van der Waals surface area contributed by atoms with Crippen LogP contribution in [0.3, 0.4) is 0 Å². The molecule has 1 saturated heterocycles. The van der Waals surface area contributed by atoms with Crippen LogP contribution in [0.15, 0.2) is 6.07 Å². The highest BCUT2D eigenvalue weighted by atomic mass is 16.2. The zero-order valence-electron chi connectivity index (χ0n) is 11.4. The number of hydrogen-bond donors (Lipinski definition) is 2. The molecule has 0 aromatic carbocycles. The van der Waals surface area contributed by atoms with Crippen molar-refractivity contribution in [1.29, 1.82) is 0 Å². The van der Waals surface area contributed by atoms with Crippen LogP contribution >= 0.6 is 0 Å². The smallest absolute Gasteiger partial charge is 0.223 e. The standard InChI is InChI=1S/C12H20N6O/c1-3-14-10-8-11(16-12(13)15-10)18-6-4-17(5-7-18)9(2)19/h8H,3-7H2,1-2H3,(H3,13,14,15,16). The van der Waals surface area contributed by atoms with Crippen LogP contribution < -0.4 is 16.0 Å². The van der Waals surface area contributed by atoms with Crippen LogP contribution in [0.25, 0.3) is 0 Å². The van der Waals surface area contributed by atoms with Crippen molar-refractivity contribution in [3.8, 4) is 0 Å². The topological polar surface area (TPSA) is 87.4 Å². The second-order valence-corrected chi connectivity index (χ2v) is 4.49. The van der Waals surface area contributed by atoms with Gasteiger partial charge in [0, 0.05) is 45.7 Å². The molecule has 2 heterocycles. The number of nitrogen functional groups attached to an aromatic ring is 1. The highest BCUT2D eigenvalue weighted by Crippen LogP contribution is 2.18. The van der Waals surface area contributed by atoms with Gasteiger partial charge in [-0.1, -0.05) is 0 Å². The zero-order chi connectivity index (χ0) is 13.8. The molecular formula is C12H20N6O. The Morgan fingerprint density at radius 1 is 1.37 bits per heavy atom. The van der Waals surface area contributed by atoms with Crippen molar-refractivity contribution in [2.24, 2.45) is 0 Å². The summed E-state index contributed by atoms with van der Waals surface area (Å²) in [6.45, 7) is 7.36. The second kappa shape index (κ2) is 5.73. The third kappa shape index (κ3) is 3.24. The van der Waals surface area contributed by atoms with E-state index in [1.54, 1.807) is 6.92 Å². The quantitative estimate of drug-likeness (QED) is 0.808. The van der Waals surface area contributed by atoms with E-state index in [0.717, 1.165) is 44.4 Å². The molecule has 1 aliphatic rings. The van der Waals surface area contributed by atoms with Crippen LogP contribution in [0.4, 0.5) is 17.6 Å². The number of amides is 1. The largest absolute Gasteiger partial charge is 0.370 e. The summed E-state index contributed by atoms with van der Waals surface area (Å²) in [5.41, 5.74) is 5.72. The Labute approximate surface area is 112 Å². The maximum atomic E-state index is 11.3. The first kappa shape index (κ1) is 13.4. The molecule has 19 heavy (non-hydrogen) atoms. The Hall–Kier alpha value is -2.05. The minimum Gasteiger partial charge on any atom is -0.370 e. The van der Waals surface area contributed by atoms with Crippen molar-refractivity contribution in [3.63, 3.8) is 0 Å². The molecule has 1 fully saturated rings. The molecule has 0 aliphatic carbocycles. The van der Waals surface area contributed by atoms with E-state index in [0.29, 0.717) is 0 Å². The molecular weight excluding hydrogens is 244 g/mol. The fourth-order valence-electron chi connectivity index (χ4n) is 2.14. The molecule has 0 spiro atoms. The molecule has 1 aliphatic heterocycles. The van der Waals surface area contributed by atoms with E-state index in [4.69, 9.17) is 5.73 Å². The number of rotatable bonds is 3. The molecule has 0 atom stereocenters. The zero-order valence-corrected chi connectivity index (χ0v) is 11.4. The first-order valence-electron chi connectivity index (χ1n) is 6.49. The van der Waals surface area contributed by atoms with Crippen LogP contribution in [-0.4, -0.2) is 53.5 Å². The van der Waals surface area contributed by atoms with E-state index in [-0.39, 0.29) is 11.9 Å². The Balaban J connectivity index is 2.08. The maximum Gasteiger partial charge on any atom is 0.223 e. The first-order chi connectivity index (χ1) is 9.10. The maximum absolute atomic E-state index is 11.3. The molecule has 1 amide bonds. The number of nitrogens with one attached hydrogen (secondary N) is 1. The number of hydrogen-bond acceptors (Lipinski definition) is 6. The van der Waals surface area contributed by atoms with E-state index in [2.05, 4.69) is 20.2 Å². The van der Waals surface area contributed by atoms with Gasteiger partial charge in [0.1, 0.15) is 11.6 Å². The summed E-state index contributed by atoms with van der Waals surface area (Å²) in [5, 5.41) is 3.13. The van der Waals surface area contributed by atoms with Crippen molar-refractivity contribution in [2.45, 2.75) is 13.8 Å². The summed E-state index contributed by atoms with van der Waals surface area (Å²) >= 11 is 0. The monoisotopic (exact) mass is 264 g/mol. The van der Waals surface area contributed by atoms with Gasteiger partial charge in [-0.2, -0.15) is 9.97 Å². The minimum absolute atomic E-state index is 0.121. The van der Waals surface area contributed by atoms with E-state index in [1.165, 1.54) is 0 Å². The van der Waals surface area contributed by atoms with E-state index < -0.39 is 0 Å². The van der Waals surface area contributed by atoms with Gasteiger partial charge in [0.2, 0.25) is 11.9 Å². The molecule has 7 nitrogen and oxygen atoms in total. The Kier molecular flexibility index (Phi) is 4.03. The number of carbonyl (C=O) groups is 1. The summed E-state index contributed by atoms with van der Waals surface area (Å²) in [6, 6.07) is 1.89. The summed E-state index contributed by atoms with van der Waals surface area (Å²) < 4.78 is 0. The molecule has 3 N–H and O–H groups in total. The highest BCUT2D eigenvalue weighted by molar-refractivity contribution is 5.73. The van der Waals surface area contributed by atoms with Crippen LogP contribution in [0.2, 0.25) is 0 Å². The second-order valence-electron chi connectivity index (χ2n) is 4.49. The van der Waals surface area contributed by atoms with Gasteiger partial charge in [-0.05, 0) is 6.92 Å². The molecule has 0 unspecified atom stereocenters. The van der Waals surface area contributed by atoms with Gasteiger partial charge < -0.3 is 20.9 Å². The number of nitrogens with zero attached hydrogens (tertiary/aromatic N) is 4. The average Bonchev–Trinajstić information content (AvgIpc) is 2.38. The van der Waals surface area contributed by atoms with Gasteiger partial charge in [0.15, 0.2) is 0 Å². The molecule has 0 radical (unpaired) electrons. The van der Waals surface area contributed by atoms with Gasteiger partial charge in [-0.25, -0.2) is 0 Å². The fourth-order valence-corrected chi connectivity index (χ4v) is 2.14. The lowest BCUT2D eigenvalue weighted by Gasteiger charge is -2.35. The number of piperazine rings is 1. The number of aromatic nitrogens is 2. The predicted octanol–water partition coefficient (Wildman–Crippen LogP) is 0.159. The molecule has 0 saturated carbocycles. The van der Waals surface area contributed by atoms with E-state index in [1.807, 2.05) is 17.9 Å². The van der Waals surface area contributed by atoms with Crippen LogP contribution in [0.1, 0.15) is 13.8 Å². The van der Waals surface area contributed by atoms with Gasteiger partial charge in [0.25, 0.3) is 0 Å². The minimum atomic E-state index is 0.121. The lowest BCUT2D eigenvalue weighted by Crippen LogP contribution is -2.48. The molecule has 1 aromatic rings. The number of carbonyl (C=O) groups excluding carboxylic acids is 1. The van der Waals surface area contributed by atoms with Crippen molar-refractivity contribution in [3.05, 3.63) is 6.07 Å². The molecule has 2 rings (SSSR count). The SMILES string of the molecule is CCNc1cc(N2CCN(C(C)=O)CC2)nc(N)n1. The van der Waals surface area contributed by atoms with Crippen molar-refractivity contribution < 1.29 is 4.79 Å². The van der Waals surface area contributed by atoms with Gasteiger partial charge in [-0.15, -0.1) is 0 Å². The first-order valence-corrected chi connectivity index (χ1v) is 6.49. The van der Waals surface area contributed by atoms with E-state index in [9.17, 15) is 4.79 Å². The fraction of sp³-hybridized carbons (Fsp3) is 0.583. The van der Waals surface area contributed by atoms with E-state index >= 15 is 0 Å². The van der Waals surface area contributed by atoms with Crippen molar-refractivity contribution in [1.82, 2.24) is 14.9 Å². The van der Waals surface area contributed by atoms with Crippen LogP contribution in [0.5, 0.6) is 0 Å². The van der Waals surface area contributed by atoms with Crippen LogP contribution in [0, 0.1) is 0 Å². The molecule has 7 heteroatoms. The molecule has 1 aromatic heterocycles. The third-order valence-electron chi connectivity index (χ3n) is 3.14. The van der Waals surface area contributed by atoms with Gasteiger partial charge >= 0.3 is 0 Å². The normalized spacial score (nSPS) is 15.5. The Morgan fingerprint density at radius 2 is 2.05 bits per heavy atom. The van der Waals surface area contributed by atoms with Gasteiger partial charge in [0.05, 0.1) is 0 Å². The summed E-state index contributed by atoms with van der Waals surface area (Å²) in [5.74, 6) is 1.93. The Bertz CT molecular complexity index is 456. The lowest BCUT2D eigenvalue weighted by molar-refractivity contribution is -0.129. The third-order valence-corrected chi connectivity index (χ3v) is 3.14. The highest BCUT2D eigenvalue weighted by Gasteiger charge is 2.20. The molecule has 0 bridgehead atoms. The van der Waals surface area contributed by atoms with Crippen molar-refractivity contribution >= 4 is 23.5 Å². The molecule has 104 valence electrons. The lowest BCUT2D eigenvalue weighted by atomic mass is 10.3. The Morgan fingerprint density at radius 3 is 2.63 bits per heavy atom.